The van der Waals surface area contributed by atoms with Crippen molar-refractivity contribution in [2.24, 2.45) is 0 Å². The van der Waals surface area contributed by atoms with Crippen LogP contribution in [0.15, 0.2) is 48.8 Å². The van der Waals surface area contributed by atoms with Gasteiger partial charge in [-0.1, -0.05) is 23.7 Å². The maximum Gasteiger partial charge on any atom is 0.306 e. The topological polar surface area (TPSA) is 52.8 Å². The fourth-order valence-electron chi connectivity index (χ4n) is 2.35. The molecule has 0 spiro atoms. The molecule has 0 atom stereocenters. The summed E-state index contributed by atoms with van der Waals surface area (Å²) in [5.41, 5.74) is 2.52. The number of nitrogens with zero attached hydrogens (tertiary/aromatic N) is 2. The molecule has 0 N–H and O–H groups in total. The van der Waals surface area contributed by atoms with Crippen molar-refractivity contribution in [1.82, 2.24) is 9.38 Å². The maximum atomic E-state index is 11.9. The summed E-state index contributed by atoms with van der Waals surface area (Å²) in [6.45, 7) is 0.154. The number of methoxy groups -OCH3 is 1. The Kier molecular flexibility index (Phi) is 5.01. The first-order valence-electron chi connectivity index (χ1n) is 7.56. The molecule has 0 fully saturated rings. The highest BCUT2D eigenvalue weighted by Crippen LogP contribution is 2.14. The zero-order valence-electron chi connectivity index (χ0n) is 13.2. The minimum absolute atomic E-state index is 0.154. The molecular formula is C18H17ClN2O3. The lowest BCUT2D eigenvalue weighted by Gasteiger charge is -2.04. The molecule has 3 aromatic rings. The lowest BCUT2D eigenvalue weighted by molar-refractivity contribution is -0.145. The Morgan fingerprint density at radius 1 is 1.17 bits per heavy atom. The number of imidazole rings is 1. The largest absolute Gasteiger partial charge is 0.497 e. The molecule has 0 radical (unpaired) electrons. The van der Waals surface area contributed by atoms with Gasteiger partial charge in [0, 0.05) is 18.8 Å². The zero-order valence-corrected chi connectivity index (χ0v) is 14.0. The lowest BCUT2D eigenvalue weighted by atomic mass is 10.1. The number of carbonyl (C=O) groups excluding carboxylic acids is 1. The minimum atomic E-state index is -0.249. The Morgan fingerprint density at radius 3 is 2.71 bits per heavy atom. The molecule has 0 saturated heterocycles. The van der Waals surface area contributed by atoms with Crippen LogP contribution in [0.1, 0.15) is 17.7 Å². The molecule has 3 rings (SSSR count). The van der Waals surface area contributed by atoms with Crippen LogP contribution < -0.4 is 4.74 Å². The van der Waals surface area contributed by atoms with E-state index in [9.17, 15) is 4.79 Å². The van der Waals surface area contributed by atoms with E-state index < -0.39 is 0 Å². The molecule has 5 nitrogen and oxygen atoms in total. The van der Waals surface area contributed by atoms with Gasteiger partial charge >= 0.3 is 5.97 Å². The highest BCUT2D eigenvalue weighted by atomic mass is 35.5. The van der Waals surface area contributed by atoms with Crippen LogP contribution in [0.25, 0.3) is 5.65 Å². The van der Waals surface area contributed by atoms with E-state index in [1.54, 1.807) is 25.6 Å². The summed E-state index contributed by atoms with van der Waals surface area (Å²) in [6.07, 6.45) is 4.52. The first-order valence-corrected chi connectivity index (χ1v) is 7.93. The third-order valence-corrected chi connectivity index (χ3v) is 3.85. The molecule has 0 aliphatic carbocycles. The number of esters is 1. The van der Waals surface area contributed by atoms with Crippen LogP contribution in [-0.4, -0.2) is 22.5 Å². The van der Waals surface area contributed by atoms with Crippen molar-refractivity contribution in [3.05, 3.63) is 65.1 Å². The Bertz CT molecular complexity index is 843. The minimum Gasteiger partial charge on any atom is -0.497 e. The van der Waals surface area contributed by atoms with E-state index in [2.05, 4.69) is 4.98 Å². The summed E-state index contributed by atoms with van der Waals surface area (Å²) in [6, 6.07) is 11.2. The van der Waals surface area contributed by atoms with E-state index >= 15 is 0 Å². The second-order valence-electron chi connectivity index (χ2n) is 5.35. The SMILES string of the molecule is COc1ccc(CCC(=O)OCc2cn3cc(Cl)ccc3n2)cc1. The van der Waals surface area contributed by atoms with Crippen molar-refractivity contribution in [3.8, 4) is 5.75 Å². The van der Waals surface area contributed by atoms with Crippen LogP contribution in [0.5, 0.6) is 5.75 Å². The number of pyridine rings is 1. The molecule has 0 bridgehead atoms. The standard InChI is InChI=1S/C18H17ClN2O3/c1-23-16-6-2-13(3-7-16)4-9-18(22)24-12-15-11-21-10-14(19)5-8-17(21)20-15/h2-3,5-8,10-11H,4,9,12H2,1H3. The van der Waals surface area contributed by atoms with Crippen LogP contribution >= 0.6 is 11.6 Å². The van der Waals surface area contributed by atoms with Gasteiger partial charge in [0.15, 0.2) is 0 Å². The first kappa shape index (κ1) is 16.3. The quantitative estimate of drug-likeness (QED) is 0.640. The number of aryl methyl sites for hydroxylation is 1. The van der Waals surface area contributed by atoms with Gasteiger partial charge < -0.3 is 13.9 Å². The number of halogens is 1. The molecule has 0 saturated carbocycles. The molecule has 0 aliphatic heterocycles. The summed E-state index contributed by atoms with van der Waals surface area (Å²) >= 11 is 5.93. The smallest absolute Gasteiger partial charge is 0.306 e. The van der Waals surface area contributed by atoms with Crippen molar-refractivity contribution >= 4 is 23.2 Å². The molecule has 24 heavy (non-hydrogen) atoms. The molecule has 0 aliphatic rings. The van der Waals surface area contributed by atoms with Crippen LogP contribution in [0.3, 0.4) is 0 Å². The molecule has 2 aromatic heterocycles. The van der Waals surface area contributed by atoms with Crippen molar-refractivity contribution in [1.29, 1.82) is 0 Å². The summed E-state index contributed by atoms with van der Waals surface area (Å²) in [7, 11) is 1.62. The van der Waals surface area contributed by atoms with Gasteiger partial charge in [0.05, 0.1) is 17.8 Å². The summed E-state index contributed by atoms with van der Waals surface area (Å²) in [5, 5.41) is 0.628. The normalized spacial score (nSPS) is 10.8. The molecule has 0 unspecified atom stereocenters. The van der Waals surface area contributed by atoms with E-state index in [-0.39, 0.29) is 12.6 Å². The van der Waals surface area contributed by atoms with Gasteiger partial charge in [-0.05, 0) is 36.2 Å². The third kappa shape index (κ3) is 4.06. The maximum absolute atomic E-state index is 11.9. The molecule has 124 valence electrons. The number of hydrogen-bond acceptors (Lipinski definition) is 4. The van der Waals surface area contributed by atoms with Crippen molar-refractivity contribution in [3.63, 3.8) is 0 Å². The van der Waals surface area contributed by atoms with Crippen LogP contribution in [0, 0.1) is 0 Å². The number of carbonyl (C=O) groups is 1. The number of fused-ring (bicyclic) bond motifs is 1. The Hall–Kier alpha value is -2.53. The van der Waals surface area contributed by atoms with Gasteiger partial charge in [0.2, 0.25) is 0 Å². The molecular weight excluding hydrogens is 328 g/mol. The fourth-order valence-corrected chi connectivity index (χ4v) is 2.52. The van der Waals surface area contributed by atoms with Gasteiger partial charge in [-0.3, -0.25) is 4.79 Å². The summed E-state index contributed by atoms with van der Waals surface area (Å²) in [4.78, 5) is 16.3. The fraction of sp³-hybridized carbons (Fsp3) is 0.222. The Labute approximate surface area is 144 Å². The summed E-state index contributed by atoms with van der Waals surface area (Å²) in [5.74, 6) is 0.550. The monoisotopic (exact) mass is 344 g/mol. The van der Waals surface area contributed by atoms with Crippen molar-refractivity contribution in [2.75, 3.05) is 7.11 Å². The second-order valence-corrected chi connectivity index (χ2v) is 5.79. The summed E-state index contributed by atoms with van der Waals surface area (Å²) < 4.78 is 12.2. The molecule has 2 heterocycles. The second kappa shape index (κ2) is 7.36. The highest BCUT2D eigenvalue weighted by molar-refractivity contribution is 6.30. The molecule has 0 amide bonds. The average molecular weight is 345 g/mol. The zero-order chi connectivity index (χ0) is 16.9. The predicted molar refractivity (Wildman–Crippen MR) is 91.3 cm³/mol. The van der Waals surface area contributed by atoms with Crippen LogP contribution in [0.2, 0.25) is 5.02 Å². The van der Waals surface area contributed by atoms with E-state index in [0.29, 0.717) is 23.6 Å². The average Bonchev–Trinajstić information content (AvgIpc) is 3.00. The van der Waals surface area contributed by atoms with Crippen LogP contribution in [-0.2, 0) is 22.6 Å². The Morgan fingerprint density at radius 2 is 1.96 bits per heavy atom. The predicted octanol–water partition coefficient (Wildman–Crippen LogP) is 3.67. The number of benzene rings is 1. The number of aromatic nitrogens is 2. The first-order chi connectivity index (χ1) is 11.6. The van der Waals surface area contributed by atoms with Crippen molar-refractivity contribution < 1.29 is 14.3 Å². The van der Waals surface area contributed by atoms with E-state index in [1.165, 1.54) is 0 Å². The van der Waals surface area contributed by atoms with E-state index in [0.717, 1.165) is 17.0 Å². The lowest BCUT2D eigenvalue weighted by Crippen LogP contribution is -2.06. The van der Waals surface area contributed by atoms with Crippen LogP contribution in [0.4, 0.5) is 0 Å². The highest BCUT2D eigenvalue weighted by Gasteiger charge is 2.07. The molecule has 6 heteroatoms. The van der Waals surface area contributed by atoms with Gasteiger partial charge in [-0.15, -0.1) is 0 Å². The third-order valence-electron chi connectivity index (χ3n) is 3.62. The van der Waals surface area contributed by atoms with Gasteiger partial charge in [-0.25, -0.2) is 4.98 Å². The molecule has 1 aromatic carbocycles. The van der Waals surface area contributed by atoms with Gasteiger partial charge in [-0.2, -0.15) is 0 Å². The van der Waals surface area contributed by atoms with Gasteiger partial charge in [0.25, 0.3) is 0 Å². The van der Waals surface area contributed by atoms with Crippen molar-refractivity contribution in [2.45, 2.75) is 19.4 Å². The number of ether oxygens (including phenoxy) is 2. The van der Waals surface area contributed by atoms with Gasteiger partial charge in [0.1, 0.15) is 18.0 Å². The Balaban J connectivity index is 1.50. The number of hydrogen-bond donors (Lipinski definition) is 0. The van der Waals surface area contributed by atoms with E-state index in [1.807, 2.05) is 34.7 Å². The number of rotatable bonds is 6. The van der Waals surface area contributed by atoms with E-state index in [4.69, 9.17) is 21.1 Å².